The van der Waals surface area contributed by atoms with E-state index in [4.69, 9.17) is 19.4 Å². The Morgan fingerprint density at radius 1 is 0.758 bits per heavy atom. The first-order chi connectivity index (χ1) is 29.8. The number of carbonyl (C=O) groups excluding carboxylic acids is 5. The third kappa shape index (κ3) is 8.72. The summed E-state index contributed by atoms with van der Waals surface area (Å²) in [4.78, 5) is 88.8. The van der Waals surface area contributed by atoms with Crippen molar-refractivity contribution in [3.8, 4) is 0 Å². The van der Waals surface area contributed by atoms with Gasteiger partial charge in [0.2, 0.25) is 11.8 Å². The molecular weight excluding hydrogens is 791 g/mol. The number of nitrogens with zero attached hydrogens (tertiary/aromatic N) is 5. The van der Waals surface area contributed by atoms with Crippen LogP contribution < -0.4 is 10.6 Å². The van der Waals surface area contributed by atoms with E-state index in [1.807, 2.05) is 52.0 Å². The lowest BCUT2D eigenvalue weighted by Gasteiger charge is -2.32. The Balaban J connectivity index is 1.25. The molecule has 3 aliphatic rings. The zero-order valence-corrected chi connectivity index (χ0v) is 36.0. The van der Waals surface area contributed by atoms with Crippen molar-refractivity contribution in [2.45, 2.75) is 76.5 Å². The summed E-state index contributed by atoms with van der Waals surface area (Å²) in [7, 11) is 2.52. The molecule has 16 heteroatoms. The van der Waals surface area contributed by atoms with Crippen molar-refractivity contribution in [1.29, 1.82) is 0 Å². The average Bonchev–Trinajstić information content (AvgIpc) is 4.14. The molecule has 0 spiro atoms. The van der Waals surface area contributed by atoms with E-state index in [1.54, 1.807) is 51.4 Å². The van der Waals surface area contributed by atoms with E-state index < -0.39 is 35.7 Å². The molecule has 4 aromatic rings. The highest BCUT2D eigenvalue weighted by Crippen LogP contribution is 2.43. The fourth-order valence-electron chi connectivity index (χ4n) is 8.58. The SMILES string of the molecule is COC(=O)NC(C(=O)N1CCCC1c1ncc(C2(c3cnc(C4CN(C(=O)c5ccccc5)CN4C(=O)C(NC(=O)OC)C(C)C)[nH]3)C=CC(c3ccccc3)=CC2)[nH]1)C(C)C. The minimum Gasteiger partial charge on any atom is -0.453 e. The number of imidazole rings is 2. The van der Waals surface area contributed by atoms with Gasteiger partial charge in [-0.2, -0.15) is 0 Å². The van der Waals surface area contributed by atoms with Crippen LogP contribution in [0.3, 0.4) is 0 Å². The number of likely N-dealkylation sites (tertiary alicyclic amines) is 1. The number of allylic oxidation sites excluding steroid dienone is 4. The number of hydrogen-bond donors (Lipinski definition) is 4. The largest absolute Gasteiger partial charge is 0.453 e. The Labute approximate surface area is 361 Å². The Bertz CT molecular complexity index is 2320. The van der Waals surface area contributed by atoms with E-state index in [0.717, 1.165) is 28.9 Å². The highest BCUT2D eigenvalue weighted by molar-refractivity contribution is 5.95. The number of benzene rings is 2. The van der Waals surface area contributed by atoms with Crippen LogP contribution >= 0.6 is 0 Å². The van der Waals surface area contributed by atoms with Crippen LogP contribution in [0.1, 0.15) is 98.0 Å². The zero-order chi connectivity index (χ0) is 44.1. The van der Waals surface area contributed by atoms with Gasteiger partial charge in [-0.1, -0.05) is 94.5 Å². The molecule has 1 aliphatic carbocycles. The van der Waals surface area contributed by atoms with Gasteiger partial charge in [0.15, 0.2) is 0 Å². The first kappa shape index (κ1) is 43.4. The van der Waals surface area contributed by atoms with Crippen LogP contribution in [0.4, 0.5) is 9.59 Å². The van der Waals surface area contributed by atoms with Gasteiger partial charge in [-0.05, 0) is 54.4 Å². The summed E-state index contributed by atoms with van der Waals surface area (Å²) in [5.41, 5.74) is 3.24. The maximum atomic E-state index is 14.4. The number of H-pyrrole nitrogens is 2. The van der Waals surface area contributed by atoms with Crippen molar-refractivity contribution in [2.24, 2.45) is 11.8 Å². The molecule has 5 amide bonds. The Morgan fingerprint density at radius 2 is 1.31 bits per heavy atom. The molecule has 2 aromatic heterocycles. The lowest BCUT2D eigenvalue weighted by molar-refractivity contribution is -0.136. The van der Waals surface area contributed by atoms with Crippen LogP contribution in [-0.4, -0.2) is 111 Å². The molecule has 16 nitrogen and oxygen atoms in total. The van der Waals surface area contributed by atoms with Gasteiger partial charge in [-0.3, -0.25) is 14.4 Å². The van der Waals surface area contributed by atoms with Crippen molar-refractivity contribution >= 4 is 35.5 Å². The highest BCUT2D eigenvalue weighted by atomic mass is 16.5. The number of amides is 5. The van der Waals surface area contributed by atoms with Gasteiger partial charge in [0, 0.05) is 24.5 Å². The van der Waals surface area contributed by atoms with Crippen LogP contribution in [0.2, 0.25) is 0 Å². The molecule has 5 atom stereocenters. The number of rotatable bonds is 12. The van der Waals surface area contributed by atoms with Crippen LogP contribution in [0, 0.1) is 11.8 Å². The average molecular weight is 846 g/mol. The van der Waals surface area contributed by atoms with Gasteiger partial charge in [-0.15, -0.1) is 0 Å². The van der Waals surface area contributed by atoms with Crippen LogP contribution in [0.15, 0.2) is 91.3 Å². The number of aromatic nitrogens is 4. The molecule has 326 valence electrons. The summed E-state index contributed by atoms with van der Waals surface area (Å²) in [6.07, 6.45) is 10.5. The third-order valence-corrected chi connectivity index (χ3v) is 12.1. The normalized spacial score (nSPS) is 20.8. The van der Waals surface area contributed by atoms with E-state index in [1.165, 1.54) is 14.2 Å². The topological polar surface area (TPSA) is 195 Å². The summed E-state index contributed by atoms with van der Waals surface area (Å²) in [6.45, 7) is 8.06. The lowest BCUT2D eigenvalue weighted by Crippen LogP contribution is -2.51. The molecular formula is C46H55N9O7. The summed E-state index contributed by atoms with van der Waals surface area (Å²) < 4.78 is 9.68. The van der Waals surface area contributed by atoms with Crippen molar-refractivity contribution in [3.05, 3.63) is 125 Å². The van der Waals surface area contributed by atoms with Gasteiger partial charge in [0.05, 0.1) is 50.3 Å². The lowest BCUT2D eigenvalue weighted by atomic mass is 9.74. The molecule has 0 saturated carbocycles. The number of ether oxygens (including phenoxy) is 2. The van der Waals surface area contributed by atoms with Gasteiger partial charge in [0.25, 0.3) is 5.91 Å². The molecule has 2 aliphatic heterocycles. The third-order valence-electron chi connectivity index (χ3n) is 12.1. The molecule has 5 unspecified atom stereocenters. The number of alkyl carbamates (subject to hydrolysis) is 2. The molecule has 2 aromatic carbocycles. The number of methoxy groups -OCH3 is 2. The van der Waals surface area contributed by atoms with Crippen LogP contribution in [0.5, 0.6) is 0 Å². The van der Waals surface area contributed by atoms with E-state index in [9.17, 15) is 24.0 Å². The molecule has 62 heavy (non-hydrogen) atoms. The predicted octanol–water partition coefficient (Wildman–Crippen LogP) is 5.87. The summed E-state index contributed by atoms with van der Waals surface area (Å²) >= 11 is 0. The number of carbonyl (C=O) groups is 5. The van der Waals surface area contributed by atoms with Gasteiger partial charge in [0.1, 0.15) is 29.8 Å². The molecule has 0 bridgehead atoms. The predicted molar refractivity (Wildman–Crippen MR) is 230 cm³/mol. The smallest absolute Gasteiger partial charge is 0.407 e. The number of nitrogens with one attached hydrogen (secondary N) is 4. The summed E-state index contributed by atoms with van der Waals surface area (Å²) in [5, 5.41) is 5.40. The fourth-order valence-corrected chi connectivity index (χ4v) is 8.58. The van der Waals surface area contributed by atoms with Gasteiger partial charge < -0.3 is 44.8 Å². The van der Waals surface area contributed by atoms with Gasteiger partial charge >= 0.3 is 12.2 Å². The molecule has 2 saturated heterocycles. The monoisotopic (exact) mass is 845 g/mol. The number of aromatic amines is 2. The molecule has 2 fully saturated rings. The first-order valence-electron chi connectivity index (χ1n) is 21.0. The molecule has 0 radical (unpaired) electrons. The second-order valence-corrected chi connectivity index (χ2v) is 16.7. The number of hydrogen-bond acceptors (Lipinski definition) is 9. The first-order valence-corrected chi connectivity index (χ1v) is 21.0. The summed E-state index contributed by atoms with van der Waals surface area (Å²) in [6, 6.07) is 16.2. The molecule has 7 rings (SSSR count). The van der Waals surface area contributed by atoms with E-state index >= 15 is 0 Å². The minimum atomic E-state index is -0.933. The van der Waals surface area contributed by atoms with E-state index in [-0.39, 0.29) is 48.8 Å². The van der Waals surface area contributed by atoms with Crippen LogP contribution in [0.25, 0.3) is 5.57 Å². The standard InChI is InChI=1S/C46H55N9O7/c1-28(2)37(51-44(59)61-5)42(57)54-23-13-18-33(54)39-47-24-35(49-39)46(21-19-31(20-22-46)30-14-9-7-10-15-30)36-25-48-40(50-36)34-26-53(41(56)32-16-11-8-12-17-32)27-55(34)43(58)38(29(3)4)52-45(60)62-6/h7-12,14-17,19-21,24-25,28-29,33-34,37-38H,13,18,22-23,26-27H2,1-6H3,(H,47,49)(H,48,50)(H,51,59)(H,52,60). The maximum absolute atomic E-state index is 14.4. The maximum Gasteiger partial charge on any atom is 0.407 e. The Morgan fingerprint density at radius 3 is 1.84 bits per heavy atom. The van der Waals surface area contributed by atoms with Crippen molar-refractivity contribution in [1.82, 2.24) is 45.3 Å². The van der Waals surface area contributed by atoms with E-state index in [0.29, 0.717) is 36.6 Å². The second-order valence-electron chi connectivity index (χ2n) is 16.7. The zero-order valence-electron chi connectivity index (χ0n) is 36.0. The van der Waals surface area contributed by atoms with Crippen molar-refractivity contribution in [2.75, 3.05) is 34.0 Å². The fraction of sp³-hybridized carbons (Fsp3) is 0.413. The molecule has 4 heterocycles. The Hall–Kier alpha value is -6.71. The Kier molecular flexibility index (Phi) is 12.9. The minimum absolute atomic E-state index is 0.0269. The second kappa shape index (κ2) is 18.5. The van der Waals surface area contributed by atoms with E-state index in [2.05, 4.69) is 51.0 Å². The van der Waals surface area contributed by atoms with Crippen molar-refractivity contribution in [3.63, 3.8) is 0 Å². The molecule has 4 N–H and O–H groups in total. The van der Waals surface area contributed by atoms with Gasteiger partial charge in [-0.25, -0.2) is 19.6 Å². The van der Waals surface area contributed by atoms with Crippen LogP contribution in [-0.2, 0) is 24.5 Å². The highest BCUT2D eigenvalue weighted by Gasteiger charge is 2.45. The quantitative estimate of drug-likeness (QED) is 0.135. The van der Waals surface area contributed by atoms with Crippen molar-refractivity contribution < 1.29 is 33.4 Å². The summed E-state index contributed by atoms with van der Waals surface area (Å²) in [5.74, 6) is -0.213.